The fourth-order valence-corrected chi connectivity index (χ4v) is 3.59. The summed E-state index contributed by atoms with van der Waals surface area (Å²) < 4.78 is 15.8. The SMILES string of the molecule is Cc1cccc(N2CC(C(=O)Nc3cc(-n4nnnc4C)ccc3F)CC2=O)c1C. The predicted octanol–water partition coefficient (Wildman–Crippen LogP) is 2.72. The summed E-state index contributed by atoms with van der Waals surface area (Å²) in [4.78, 5) is 27.0. The normalized spacial score (nSPS) is 16.2. The average molecular weight is 408 g/mol. The van der Waals surface area contributed by atoms with Crippen LogP contribution in [0.5, 0.6) is 0 Å². The lowest BCUT2D eigenvalue weighted by molar-refractivity contribution is -0.122. The van der Waals surface area contributed by atoms with Gasteiger partial charge in [0.1, 0.15) is 5.82 Å². The third-order valence-corrected chi connectivity index (χ3v) is 5.44. The van der Waals surface area contributed by atoms with Crippen LogP contribution in [-0.2, 0) is 9.59 Å². The number of aromatic nitrogens is 4. The van der Waals surface area contributed by atoms with E-state index in [-0.39, 0.29) is 24.6 Å². The van der Waals surface area contributed by atoms with Gasteiger partial charge in [-0.2, -0.15) is 4.68 Å². The first-order valence-corrected chi connectivity index (χ1v) is 9.57. The number of anilines is 2. The highest BCUT2D eigenvalue weighted by Gasteiger charge is 2.36. The number of tetrazole rings is 1. The summed E-state index contributed by atoms with van der Waals surface area (Å²) in [6.07, 6.45) is 0.0760. The number of nitrogens with zero attached hydrogens (tertiary/aromatic N) is 5. The van der Waals surface area contributed by atoms with Crippen molar-refractivity contribution in [3.05, 3.63) is 59.2 Å². The Bertz CT molecular complexity index is 1140. The quantitative estimate of drug-likeness (QED) is 0.717. The van der Waals surface area contributed by atoms with Gasteiger partial charge in [-0.1, -0.05) is 12.1 Å². The zero-order valence-corrected chi connectivity index (χ0v) is 16.9. The van der Waals surface area contributed by atoms with Gasteiger partial charge in [0.25, 0.3) is 0 Å². The Morgan fingerprint density at radius 2 is 2.00 bits per heavy atom. The van der Waals surface area contributed by atoms with E-state index in [1.54, 1.807) is 11.8 Å². The van der Waals surface area contributed by atoms with Gasteiger partial charge in [0.2, 0.25) is 11.8 Å². The number of halogens is 1. The lowest BCUT2D eigenvalue weighted by Crippen LogP contribution is -2.29. The third kappa shape index (κ3) is 3.54. The lowest BCUT2D eigenvalue weighted by atomic mass is 10.1. The Labute approximate surface area is 172 Å². The van der Waals surface area contributed by atoms with E-state index in [0.29, 0.717) is 11.5 Å². The number of hydrogen-bond donors (Lipinski definition) is 1. The number of rotatable bonds is 4. The first-order chi connectivity index (χ1) is 14.3. The van der Waals surface area contributed by atoms with Gasteiger partial charge in [0, 0.05) is 18.7 Å². The molecule has 0 saturated carbocycles. The molecule has 0 bridgehead atoms. The molecule has 3 aromatic rings. The van der Waals surface area contributed by atoms with Gasteiger partial charge in [0.15, 0.2) is 5.82 Å². The molecule has 9 heteroatoms. The van der Waals surface area contributed by atoms with E-state index in [2.05, 4.69) is 20.8 Å². The van der Waals surface area contributed by atoms with E-state index in [0.717, 1.165) is 16.8 Å². The van der Waals surface area contributed by atoms with Crippen molar-refractivity contribution in [2.75, 3.05) is 16.8 Å². The Morgan fingerprint density at radius 1 is 1.20 bits per heavy atom. The summed E-state index contributed by atoms with van der Waals surface area (Å²) in [5.74, 6) is -1.14. The molecular weight excluding hydrogens is 387 g/mol. The molecule has 1 saturated heterocycles. The van der Waals surface area contributed by atoms with Crippen LogP contribution < -0.4 is 10.2 Å². The summed E-state index contributed by atoms with van der Waals surface area (Å²) in [6.45, 7) is 5.90. The van der Waals surface area contributed by atoms with Crippen molar-refractivity contribution in [3.63, 3.8) is 0 Å². The van der Waals surface area contributed by atoms with Gasteiger partial charge in [-0.15, -0.1) is 5.10 Å². The Morgan fingerprint density at radius 3 is 2.73 bits per heavy atom. The van der Waals surface area contributed by atoms with Gasteiger partial charge >= 0.3 is 0 Å². The molecule has 1 aromatic heterocycles. The van der Waals surface area contributed by atoms with Crippen molar-refractivity contribution < 1.29 is 14.0 Å². The van der Waals surface area contributed by atoms with E-state index in [9.17, 15) is 14.0 Å². The molecule has 1 unspecified atom stereocenters. The fraction of sp³-hybridized carbons (Fsp3) is 0.286. The molecule has 2 aromatic carbocycles. The van der Waals surface area contributed by atoms with Crippen LogP contribution in [0.2, 0.25) is 0 Å². The van der Waals surface area contributed by atoms with Crippen LogP contribution in [0.15, 0.2) is 36.4 Å². The van der Waals surface area contributed by atoms with E-state index >= 15 is 0 Å². The van der Waals surface area contributed by atoms with Crippen molar-refractivity contribution in [2.24, 2.45) is 5.92 Å². The number of carbonyl (C=O) groups excluding carboxylic acids is 2. The molecule has 1 aliphatic rings. The molecule has 1 N–H and O–H groups in total. The average Bonchev–Trinajstić information content (AvgIpc) is 3.31. The molecule has 1 aliphatic heterocycles. The number of hydrogen-bond acceptors (Lipinski definition) is 5. The van der Waals surface area contributed by atoms with E-state index in [1.165, 1.54) is 22.9 Å². The molecule has 4 rings (SSSR count). The van der Waals surface area contributed by atoms with Crippen LogP contribution in [-0.4, -0.2) is 38.6 Å². The van der Waals surface area contributed by atoms with Crippen LogP contribution in [0.25, 0.3) is 5.69 Å². The Hall–Kier alpha value is -3.62. The summed E-state index contributed by atoms with van der Waals surface area (Å²) in [5, 5.41) is 13.8. The van der Waals surface area contributed by atoms with E-state index < -0.39 is 17.6 Å². The van der Waals surface area contributed by atoms with Crippen molar-refractivity contribution in [3.8, 4) is 5.69 Å². The molecule has 154 valence electrons. The molecule has 2 amide bonds. The van der Waals surface area contributed by atoms with Crippen LogP contribution in [0, 0.1) is 32.5 Å². The molecule has 30 heavy (non-hydrogen) atoms. The number of nitrogens with one attached hydrogen (secondary N) is 1. The topological polar surface area (TPSA) is 93.0 Å². The molecule has 1 fully saturated rings. The van der Waals surface area contributed by atoms with Crippen molar-refractivity contribution in [1.82, 2.24) is 20.2 Å². The predicted molar refractivity (Wildman–Crippen MR) is 109 cm³/mol. The molecule has 0 spiro atoms. The second-order valence-electron chi connectivity index (χ2n) is 7.42. The van der Waals surface area contributed by atoms with Gasteiger partial charge < -0.3 is 10.2 Å². The third-order valence-electron chi connectivity index (χ3n) is 5.44. The van der Waals surface area contributed by atoms with Crippen molar-refractivity contribution in [2.45, 2.75) is 27.2 Å². The molecular formula is C21H21FN6O2. The summed E-state index contributed by atoms with van der Waals surface area (Å²) in [5.41, 5.74) is 3.42. The van der Waals surface area contributed by atoms with Crippen LogP contribution in [0.4, 0.5) is 15.8 Å². The maximum Gasteiger partial charge on any atom is 0.229 e. The van der Waals surface area contributed by atoms with Gasteiger partial charge in [-0.25, -0.2) is 4.39 Å². The minimum atomic E-state index is -0.575. The minimum absolute atomic E-state index is 0.0186. The van der Waals surface area contributed by atoms with Crippen LogP contribution in [0.3, 0.4) is 0 Å². The van der Waals surface area contributed by atoms with Crippen molar-refractivity contribution in [1.29, 1.82) is 0 Å². The first kappa shape index (κ1) is 19.7. The smallest absolute Gasteiger partial charge is 0.229 e. The highest BCUT2D eigenvalue weighted by Crippen LogP contribution is 2.30. The highest BCUT2D eigenvalue weighted by molar-refractivity contribution is 6.04. The standard InChI is InChI=1S/C21H21FN6O2/c1-12-5-4-6-19(13(12)2)27-11-15(9-20(27)29)21(30)23-18-10-16(7-8-17(18)22)28-14(3)24-25-26-28/h4-8,10,15H,9,11H2,1-3H3,(H,23,30). The summed E-state index contributed by atoms with van der Waals surface area (Å²) in [6, 6.07) is 9.98. The number of carbonyl (C=O) groups is 2. The van der Waals surface area contributed by atoms with Crippen LogP contribution in [0.1, 0.15) is 23.4 Å². The molecule has 8 nitrogen and oxygen atoms in total. The lowest BCUT2D eigenvalue weighted by Gasteiger charge is -2.20. The van der Waals surface area contributed by atoms with Crippen molar-refractivity contribution >= 4 is 23.2 Å². The second-order valence-corrected chi connectivity index (χ2v) is 7.42. The largest absolute Gasteiger partial charge is 0.323 e. The zero-order valence-electron chi connectivity index (χ0n) is 16.9. The number of aryl methyl sites for hydroxylation is 2. The molecule has 1 atom stereocenters. The fourth-order valence-electron chi connectivity index (χ4n) is 3.59. The number of amides is 2. The maximum atomic E-state index is 14.3. The maximum absolute atomic E-state index is 14.3. The van der Waals surface area contributed by atoms with Gasteiger partial charge in [-0.05, 0) is 66.6 Å². The van der Waals surface area contributed by atoms with Gasteiger partial charge in [0.05, 0.1) is 17.3 Å². The van der Waals surface area contributed by atoms with Crippen LogP contribution >= 0.6 is 0 Å². The Balaban J connectivity index is 1.53. The van der Waals surface area contributed by atoms with E-state index in [4.69, 9.17) is 0 Å². The zero-order chi connectivity index (χ0) is 21.4. The molecule has 2 heterocycles. The molecule has 0 radical (unpaired) electrons. The molecule has 0 aliphatic carbocycles. The highest BCUT2D eigenvalue weighted by atomic mass is 19.1. The summed E-state index contributed by atoms with van der Waals surface area (Å²) >= 11 is 0. The second kappa shape index (κ2) is 7.66. The minimum Gasteiger partial charge on any atom is -0.323 e. The Kier molecular flexibility index (Phi) is 5.03. The number of benzene rings is 2. The van der Waals surface area contributed by atoms with E-state index in [1.807, 2.05) is 32.0 Å². The summed E-state index contributed by atoms with van der Waals surface area (Å²) in [7, 11) is 0. The monoisotopic (exact) mass is 408 g/mol. The first-order valence-electron chi connectivity index (χ1n) is 9.57. The van der Waals surface area contributed by atoms with Gasteiger partial charge in [-0.3, -0.25) is 9.59 Å².